The normalized spacial score (nSPS) is 24.8. The third-order valence-electron chi connectivity index (χ3n) is 4.66. The summed E-state index contributed by atoms with van der Waals surface area (Å²) in [4.78, 5) is 0. The lowest BCUT2D eigenvalue weighted by atomic mass is 9.77. The molecule has 104 valence electrons. The van der Waals surface area contributed by atoms with Crippen LogP contribution in [-0.4, -0.2) is 12.1 Å². The van der Waals surface area contributed by atoms with Crippen LogP contribution in [0.1, 0.15) is 62.6 Å². The van der Waals surface area contributed by atoms with Gasteiger partial charge in [-0.3, -0.25) is 0 Å². The van der Waals surface area contributed by atoms with Gasteiger partial charge in [-0.2, -0.15) is 0 Å². The lowest BCUT2D eigenvalue weighted by Gasteiger charge is -2.45. The maximum Gasteiger partial charge on any atom is 0.124 e. The first-order valence-electron chi connectivity index (χ1n) is 7.75. The standard InChI is InChI=1S/C17H25NO/c1-3-18-15-12-17(9-5-4-6-10-17)19-16-8-7-13(2)11-14(15)16/h7-8,11,15,18H,3-6,9-10,12H2,1-2H3. The van der Waals surface area contributed by atoms with Crippen molar-refractivity contribution in [2.24, 2.45) is 0 Å². The van der Waals surface area contributed by atoms with Gasteiger partial charge >= 0.3 is 0 Å². The highest BCUT2D eigenvalue weighted by Crippen LogP contribution is 2.46. The fourth-order valence-corrected chi connectivity index (χ4v) is 3.72. The fourth-order valence-electron chi connectivity index (χ4n) is 3.72. The van der Waals surface area contributed by atoms with Crippen LogP contribution < -0.4 is 10.1 Å². The Morgan fingerprint density at radius 3 is 2.79 bits per heavy atom. The Kier molecular flexibility index (Phi) is 3.53. The predicted octanol–water partition coefficient (Wildman–Crippen LogP) is 4.13. The molecule has 0 saturated heterocycles. The van der Waals surface area contributed by atoms with Gasteiger partial charge in [-0.1, -0.05) is 31.0 Å². The van der Waals surface area contributed by atoms with E-state index in [0.717, 1.165) is 18.7 Å². The molecule has 2 heteroatoms. The molecule has 1 aliphatic carbocycles. The first-order chi connectivity index (χ1) is 9.22. The van der Waals surface area contributed by atoms with Crippen molar-refractivity contribution in [3.63, 3.8) is 0 Å². The highest BCUT2D eigenvalue weighted by atomic mass is 16.5. The second-order valence-corrected chi connectivity index (χ2v) is 6.20. The van der Waals surface area contributed by atoms with Gasteiger partial charge in [0.2, 0.25) is 0 Å². The maximum atomic E-state index is 6.45. The first-order valence-corrected chi connectivity index (χ1v) is 7.75. The first kappa shape index (κ1) is 13.0. The molecule has 1 aliphatic heterocycles. The van der Waals surface area contributed by atoms with Crippen LogP contribution in [0.3, 0.4) is 0 Å². The zero-order chi connectivity index (χ0) is 13.3. The molecule has 1 saturated carbocycles. The molecule has 1 aromatic rings. The average molecular weight is 259 g/mol. The van der Waals surface area contributed by atoms with E-state index in [1.165, 1.54) is 43.2 Å². The molecular formula is C17H25NO. The van der Waals surface area contributed by atoms with E-state index >= 15 is 0 Å². The third-order valence-corrected chi connectivity index (χ3v) is 4.66. The van der Waals surface area contributed by atoms with Crippen molar-refractivity contribution in [1.82, 2.24) is 5.32 Å². The van der Waals surface area contributed by atoms with Gasteiger partial charge in [0.1, 0.15) is 11.4 Å². The predicted molar refractivity (Wildman–Crippen MR) is 78.7 cm³/mol. The molecule has 0 aromatic heterocycles. The van der Waals surface area contributed by atoms with Crippen molar-refractivity contribution in [2.45, 2.75) is 64.0 Å². The molecule has 1 unspecified atom stereocenters. The number of nitrogens with one attached hydrogen (secondary N) is 1. The summed E-state index contributed by atoms with van der Waals surface area (Å²) in [6.45, 7) is 5.38. The van der Waals surface area contributed by atoms with Crippen LogP contribution in [0.5, 0.6) is 5.75 Å². The summed E-state index contributed by atoms with van der Waals surface area (Å²) in [6, 6.07) is 7.10. The summed E-state index contributed by atoms with van der Waals surface area (Å²) in [7, 11) is 0. The smallest absolute Gasteiger partial charge is 0.124 e. The van der Waals surface area contributed by atoms with Gasteiger partial charge in [-0.15, -0.1) is 0 Å². The monoisotopic (exact) mass is 259 g/mol. The van der Waals surface area contributed by atoms with Gasteiger partial charge in [-0.05, 0) is 45.2 Å². The summed E-state index contributed by atoms with van der Waals surface area (Å²) >= 11 is 0. The molecule has 1 N–H and O–H groups in total. The Balaban J connectivity index is 1.94. The van der Waals surface area contributed by atoms with E-state index in [2.05, 4.69) is 37.4 Å². The van der Waals surface area contributed by atoms with E-state index in [9.17, 15) is 0 Å². The second-order valence-electron chi connectivity index (χ2n) is 6.20. The van der Waals surface area contributed by atoms with Gasteiger partial charge in [0, 0.05) is 18.0 Å². The Hall–Kier alpha value is -1.02. The molecule has 1 heterocycles. The number of benzene rings is 1. The number of ether oxygens (including phenoxy) is 1. The Morgan fingerprint density at radius 2 is 2.05 bits per heavy atom. The highest BCUT2D eigenvalue weighted by Gasteiger charge is 2.41. The molecule has 2 nitrogen and oxygen atoms in total. The topological polar surface area (TPSA) is 21.3 Å². The van der Waals surface area contributed by atoms with Crippen molar-refractivity contribution >= 4 is 0 Å². The SMILES string of the molecule is CCNC1CC2(CCCCC2)Oc2ccc(C)cc21. The molecule has 2 aliphatic rings. The zero-order valence-corrected chi connectivity index (χ0v) is 12.2. The van der Waals surface area contributed by atoms with Crippen LogP contribution in [0, 0.1) is 6.92 Å². The van der Waals surface area contributed by atoms with Crippen molar-refractivity contribution in [3.8, 4) is 5.75 Å². The fraction of sp³-hybridized carbons (Fsp3) is 0.647. The molecule has 0 radical (unpaired) electrons. The Labute approximate surface area is 116 Å². The lowest BCUT2D eigenvalue weighted by molar-refractivity contribution is -0.00246. The van der Waals surface area contributed by atoms with Crippen LogP contribution in [0.25, 0.3) is 0 Å². The number of hydrogen-bond acceptors (Lipinski definition) is 2. The minimum atomic E-state index is 0.105. The molecule has 1 atom stereocenters. The zero-order valence-electron chi connectivity index (χ0n) is 12.2. The molecule has 1 aromatic carbocycles. The summed E-state index contributed by atoms with van der Waals surface area (Å²) in [5.41, 5.74) is 2.79. The molecule has 3 rings (SSSR count). The number of aryl methyl sites for hydroxylation is 1. The van der Waals surface area contributed by atoms with Gasteiger partial charge in [0.15, 0.2) is 0 Å². The summed E-state index contributed by atoms with van der Waals surface area (Å²) in [6.07, 6.45) is 7.60. The van der Waals surface area contributed by atoms with Crippen LogP contribution >= 0.6 is 0 Å². The summed E-state index contributed by atoms with van der Waals surface area (Å²) in [5, 5.41) is 3.66. The number of rotatable bonds is 2. The third kappa shape index (κ3) is 2.51. The van der Waals surface area contributed by atoms with Crippen molar-refractivity contribution in [2.75, 3.05) is 6.54 Å². The highest BCUT2D eigenvalue weighted by molar-refractivity contribution is 5.41. The van der Waals surface area contributed by atoms with Crippen LogP contribution in [-0.2, 0) is 0 Å². The molecular weight excluding hydrogens is 234 g/mol. The van der Waals surface area contributed by atoms with E-state index in [1.807, 2.05) is 0 Å². The van der Waals surface area contributed by atoms with Crippen LogP contribution in [0.4, 0.5) is 0 Å². The average Bonchev–Trinajstić information content (AvgIpc) is 2.41. The lowest BCUT2D eigenvalue weighted by Crippen LogP contribution is -2.45. The van der Waals surface area contributed by atoms with E-state index in [1.54, 1.807) is 0 Å². The van der Waals surface area contributed by atoms with Crippen LogP contribution in [0.2, 0.25) is 0 Å². The second kappa shape index (κ2) is 5.16. The minimum Gasteiger partial charge on any atom is -0.487 e. The van der Waals surface area contributed by atoms with Crippen molar-refractivity contribution in [3.05, 3.63) is 29.3 Å². The summed E-state index contributed by atoms with van der Waals surface area (Å²) < 4.78 is 6.45. The largest absolute Gasteiger partial charge is 0.487 e. The van der Waals surface area contributed by atoms with Gasteiger partial charge in [0.25, 0.3) is 0 Å². The number of fused-ring (bicyclic) bond motifs is 1. The Bertz CT molecular complexity index is 449. The number of hydrogen-bond donors (Lipinski definition) is 1. The van der Waals surface area contributed by atoms with Gasteiger partial charge < -0.3 is 10.1 Å². The van der Waals surface area contributed by atoms with E-state index in [4.69, 9.17) is 4.74 Å². The molecule has 1 fully saturated rings. The van der Waals surface area contributed by atoms with Crippen molar-refractivity contribution in [1.29, 1.82) is 0 Å². The quantitative estimate of drug-likeness (QED) is 0.862. The molecule has 0 bridgehead atoms. The van der Waals surface area contributed by atoms with E-state index in [-0.39, 0.29) is 5.60 Å². The molecule has 1 spiro atoms. The van der Waals surface area contributed by atoms with Gasteiger partial charge in [-0.25, -0.2) is 0 Å². The minimum absolute atomic E-state index is 0.105. The maximum absolute atomic E-state index is 6.45. The summed E-state index contributed by atoms with van der Waals surface area (Å²) in [5.74, 6) is 1.12. The van der Waals surface area contributed by atoms with E-state index in [0.29, 0.717) is 6.04 Å². The molecule has 19 heavy (non-hydrogen) atoms. The molecule has 0 amide bonds. The Morgan fingerprint density at radius 1 is 1.26 bits per heavy atom. The van der Waals surface area contributed by atoms with Crippen molar-refractivity contribution < 1.29 is 4.74 Å². The van der Waals surface area contributed by atoms with Crippen LogP contribution in [0.15, 0.2) is 18.2 Å². The van der Waals surface area contributed by atoms with Gasteiger partial charge in [0.05, 0.1) is 0 Å². The van der Waals surface area contributed by atoms with E-state index < -0.39 is 0 Å².